The van der Waals surface area contributed by atoms with Gasteiger partial charge in [0.1, 0.15) is 0 Å². The zero-order valence-corrected chi connectivity index (χ0v) is 19.1. The van der Waals surface area contributed by atoms with Crippen molar-refractivity contribution in [2.75, 3.05) is 13.6 Å². The van der Waals surface area contributed by atoms with Crippen molar-refractivity contribution in [1.82, 2.24) is 15.4 Å². The van der Waals surface area contributed by atoms with Gasteiger partial charge in [-0.2, -0.15) is 0 Å². The normalized spacial score (nSPS) is 14.5. The molecule has 0 atom stereocenters. The third-order valence-electron chi connectivity index (χ3n) is 4.06. The van der Waals surface area contributed by atoms with Crippen LogP contribution in [-0.4, -0.2) is 34.0 Å². The standard InChI is InChI=1S/C18H24N4O2S2.HI/c1-19-18(20-11-10-16-3-2-12-25-16)21-13-14-4-8-17(9-5-14)26(23,24)22-15-6-7-15;/h2-5,8-9,12,15,22H,6-7,10-11,13H2,1H3,(H2,19,20,21);1H. The number of benzene rings is 1. The van der Waals surface area contributed by atoms with Crippen molar-refractivity contribution in [3.05, 3.63) is 52.2 Å². The molecule has 0 amide bonds. The zero-order valence-electron chi connectivity index (χ0n) is 15.1. The monoisotopic (exact) mass is 520 g/mol. The molecule has 3 N–H and O–H groups in total. The molecule has 1 fully saturated rings. The number of aliphatic imine (C=N–C) groups is 1. The SMILES string of the molecule is CN=C(NCCc1cccs1)NCc1ccc(S(=O)(=O)NC2CC2)cc1.I. The second-order valence-electron chi connectivity index (χ2n) is 6.22. The first kappa shape index (κ1) is 22.1. The third-order valence-corrected chi connectivity index (χ3v) is 6.53. The summed E-state index contributed by atoms with van der Waals surface area (Å²) < 4.78 is 27.0. The van der Waals surface area contributed by atoms with Crippen molar-refractivity contribution in [3.63, 3.8) is 0 Å². The fourth-order valence-electron chi connectivity index (χ4n) is 2.44. The predicted octanol–water partition coefficient (Wildman–Crippen LogP) is 2.71. The molecule has 1 aromatic heterocycles. The van der Waals surface area contributed by atoms with E-state index in [1.807, 2.05) is 12.1 Å². The Bertz CT molecular complexity index is 833. The molecule has 1 aliphatic carbocycles. The molecule has 0 spiro atoms. The summed E-state index contributed by atoms with van der Waals surface area (Å²) in [7, 11) is -1.65. The van der Waals surface area contributed by atoms with Crippen LogP contribution in [0.25, 0.3) is 0 Å². The number of hydrogen-bond donors (Lipinski definition) is 3. The first-order valence-electron chi connectivity index (χ1n) is 8.65. The quantitative estimate of drug-likeness (QED) is 0.284. The third kappa shape index (κ3) is 7.05. The molecule has 27 heavy (non-hydrogen) atoms. The molecule has 0 aliphatic heterocycles. The lowest BCUT2D eigenvalue weighted by molar-refractivity contribution is 0.581. The van der Waals surface area contributed by atoms with Gasteiger partial charge in [-0.3, -0.25) is 4.99 Å². The van der Waals surface area contributed by atoms with Gasteiger partial charge in [0.05, 0.1) is 4.90 Å². The number of thiophene rings is 1. The van der Waals surface area contributed by atoms with E-state index in [1.165, 1.54) is 4.88 Å². The fourth-order valence-corrected chi connectivity index (χ4v) is 4.45. The molecule has 0 unspecified atom stereocenters. The molecule has 1 aliphatic rings. The first-order chi connectivity index (χ1) is 12.6. The minimum atomic E-state index is -3.39. The maximum absolute atomic E-state index is 12.2. The Kier molecular flexibility index (Phi) is 8.52. The minimum Gasteiger partial charge on any atom is -0.356 e. The molecule has 0 radical (unpaired) electrons. The lowest BCUT2D eigenvalue weighted by Gasteiger charge is -2.12. The highest BCUT2D eigenvalue weighted by Gasteiger charge is 2.27. The summed E-state index contributed by atoms with van der Waals surface area (Å²) in [6.45, 7) is 1.39. The lowest BCUT2D eigenvalue weighted by Crippen LogP contribution is -2.37. The van der Waals surface area contributed by atoms with Crippen LogP contribution in [0.3, 0.4) is 0 Å². The molecule has 0 saturated heterocycles. The van der Waals surface area contributed by atoms with E-state index in [0.29, 0.717) is 11.4 Å². The van der Waals surface area contributed by atoms with Crippen LogP contribution in [0.1, 0.15) is 23.3 Å². The van der Waals surface area contributed by atoms with E-state index in [0.717, 1.165) is 37.3 Å². The van der Waals surface area contributed by atoms with Crippen LogP contribution in [0.15, 0.2) is 51.7 Å². The van der Waals surface area contributed by atoms with Crippen LogP contribution in [-0.2, 0) is 23.0 Å². The smallest absolute Gasteiger partial charge is 0.240 e. The summed E-state index contributed by atoms with van der Waals surface area (Å²) in [4.78, 5) is 5.86. The molecule has 9 heteroatoms. The van der Waals surface area contributed by atoms with E-state index in [9.17, 15) is 8.42 Å². The van der Waals surface area contributed by atoms with Gasteiger partial charge in [0, 0.05) is 31.1 Å². The van der Waals surface area contributed by atoms with Crippen LogP contribution in [0.4, 0.5) is 0 Å². The average Bonchev–Trinajstić information content (AvgIpc) is 3.28. The zero-order chi connectivity index (χ0) is 18.4. The van der Waals surface area contributed by atoms with E-state index in [-0.39, 0.29) is 30.0 Å². The molecule has 3 rings (SSSR count). The number of nitrogens with one attached hydrogen (secondary N) is 3. The molecule has 148 valence electrons. The average molecular weight is 520 g/mol. The molecule has 1 aromatic carbocycles. The number of rotatable bonds is 8. The summed E-state index contributed by atoms with van der Waals surface area (Å²) in [6, 6.07) is 11.2. The van der Waals surface area contributed by atoms with E-state index >= 15 is 0 Å². The van der Waals surface area contributed by atoms with Crippen molar-refractivity contribution in [2.45, 2.75) is 36.7 Å². The van der Waals surface area contributed by atoms with Crippen molar-refractivity contribution < 1.29 is 8.42 Å². The Morgan fingerprint density at radius 3 is 2.52 bits per heavy atom. The Morgan fingerprint density at radius 2 is 1.93 bits per heavy atom. The Labute approximate surface area is 181 Å². The molecule has 1 heterocycles. The van der Waals surface area contributed by atoms with Gasteiger partial charge in [0.25, 0.3) is 0 Å². The first-order valence-corrected chi connectivity index (χ1v) is 11.0. The van der Waals surface area contributed by atoms with Gasteiger partial charge in [0.15, 0.2) is 5.96 Å². The maximum atomic E-state index is 12.2. The predicted molar refractivity (Wildman–Crippen MR) is 121 cm³/mol. The maximum Gasteiger partial charge on any atom is 0.240 e. The second-order valence-corrected chi connectivity index (χ2v) is 8.97. The van der Waals surface area contributed by atoms with Gasteiger partial charge in [-0.1, -0.05) is 18.2 Å². The number of guanidine groups is 1. The largest absolute Gasteiger partial charge is 0.356 e. The highest BCUT2D eigenvalue weighted by molar-refractivity contribution is 14.0. The van der Waals surface area contributed by atoms with E-state index in [1.54, 1.807) is 30.5 Å². The number of sulfonamides is 1. The minimum absolute atomic E-state index is 0. The fraction of sp³-hybridized carbons (Fsp3) is 0.389. The Hall–Kier alpha value is -1.17. The van der Waals surface area contributed by atoms with Gasteiger partial charge in [0.2, 0.25) is 10.0 Å². The topological polar surface area (TPSA) is 82.6 Å². The summed E-state index contributed by atoms with van der Waals surface area (Å²) >= 11 is 1.75. The van der Waals surface area contributed by atoms with Crippen LogP contribution < -0.4 is 15.4 Å². The van der Waals surface area contributed by atoms with E-state index in [2.05, 4.69) is 37.9 Å². The summed E-state index contributed by atoms with van der Waals surface area (Å²) in [5.74, 6) is 0.730. The lowest BCUT2D eigenvalue weighted by atomic mass is 10.2. The van der Waals surface area contributed by atoms with Crippen molar-refractivity contribution in [3.8, 4) is 0 Å². The van der Waals surface area contributed by atoms with Gasteiger partial charge >= 0.3 is 0 Å². The number of halogens is 1. The molecule has 0 bridgehead atoms. The number of hydrogen-bond acceptors (Lipinski definition) is 4. The van der Waals surface area contributed by atoms with Crippen LogP contribution in [0, 0.1) is 0 Å². The van der Waals surface area contributed by atoms with Crippen LogP contribution in [0.2, 0.25) is 0 Å². The molecule has 2 aromatic rings. The van der Waals surface area contributed by atoms with Crippen molar-refractivity contribution >= 4 is 51.3 Å². The molecule has 1 saturated carbocycles. The summed E-state index contributed by atoms with van der Waals surface area (Å²) in [5.41, 5.74) is 0.997. The van der Waals surface area contributed by atoms with E-state index in [4.69, 9.17) is 0 Å². The van der Waals surface area contributed by atoms with Crippen molar-refractivity contribution in [2.24, 2.45) is 4.99 Å². The number of nitrogens with zero attached hydrogens (tertiary/aromatic N) is 1. The highest BCUT2D eigenvalue weighted by Crippen LogP contribution is 2.22. The Balaban J connectivity index is 0.00000261. The van der Waals surface area contributed by atoms with Crippen molar-refractivity contribution in [1.29, 1.82) is 0 Å². The Morgan fingerprint density at radius 1 is 1.19 bits per heavy atom. The molecule has 6 nitrogen and oxygen atoms in total. The molecular weight excluding hydrogens is 495 g/mol. The van der Waals surface area contributed by atoms with Crippen LogP contribution in [0.5, 0.6) is 0 Å². The highest BCUT2D eigenvalue weighted by atomic mass is 127. The van der Waals surface area contributed by atoms with Gasteiger partial charge < -0.3 is 10.6 Å². The van der Waals surface area contributed by atoms with Gasteiger partial charge in [-0.15, -0.1) is 35.3 Å². The van der Waals surface area contributed by atoms with Gasteiger partial charge in [-0.05, 0) is 48.4 Å². The van der Waals surface area contributed by atoms with Crippen LogP contribution >= 0.6 is 35.3 Å². The summed E-state index contributed by atoms with van der Waals surface area (Å²) in [5, 5.41) is 8.60. The molecular formula is C18H25IN4O2S2. The summed E-state index contributed by atoms with van der Waals surface area (Å²) in [6.07, 6.45) is 2.82. The second kappa shape index (κ2) is 10.4. The van der Waals surface area contributed by atoms with E-state index < -0.39 is 10.0 Å². The van der Waals surface area contributed by atoms with Gasteiger partial charge in [-0.25, -0.2) is 13.1 Å².